The van der Waals surface area contributed by atoms with Gasteiger partial charge in [0.1, 0.15) is 12.6 Å². The highest BCUT2D eigenvalue weighted by molar-refractivity contribution is 9.09. The third-order valence-electron chi connectivity index (χ3n) is 13.1. The van der Waals surface area contributed by atoms with E-state index in [1.165, 1.54) is 11.3 Å². The number of halogens is 1. The number of fused-ring (bicyclic) bond motifs is 7. The van der Waals surface area contributed by atoms with Crippen molar-refractivity contribution < 1.29 is 53.6 Å². The number of thiophene rings is 1. The van der Waals surface area contributed by atoms with Gasteiger partial charge in [-0.2, -0.15) is 0 Å². The molecule has 7 rings (SSSR count). The molecule has 5 aliphatic rings. The highest BCUT2D eigenvalue weighted by Crippen LogP contribution is 2.70. The first-order valence-electron chi connectivity index (χ1n) is 19.5. The minimum atomic E-state index is -1.46. The average Bonchev–Trinajstić information content (AvgIpc) is 3.88. The third-order valence-corrected chi connectivity index (χ3v) is 14.8. The molecule has 310 valence electrons. The third kappa shape index (κ3) is 7.63. The van der Waals surface area contributed by atoms with Crippen LogP contribution in [0.1, 0.15) is 74.0 Å². The van der Waals surface area contributed by atoms with Crippen molar-refractivity contribution in [2.75, 3.05) is 23.8 Å². The largest absolute Gasteiger partial charge is 0.481 e. The highest BCUT2D eigenvalue weighted by Gasteiger charge is 2.76. The number of alkyl halides is 1. The molecule has 1 aromatic heterocycles. The van der Waals surface area contributed by atoms with E-state index in [1.807, 2.05) is 31.2 Å². The molecule has 1 aliphatic heterocycles. The van der Waals surface area contributed by atoms with Crippen LogP contribution >= 0.6 is 27.3 Å². The van der Waals surface area contributed by atoms with Gasteiger partial charge in [0.25, 0.3) is 0 Å². The van der Waals surface area contributed by atoms with Gasteiger partial charge in [-0.15, -0.1) is 11.3 Å². The van der Waals surface area contributed by atoms with Gasteiger partial charge in [0, 0.05) is 40.2 Å². The van der Waals surface area contributed by atoms with Crippen LogP contribution in [0.25, 0.3) is 0 Å². The molecule has 10 atom stereocenters. The molecule has 2 aromatic rings. The van der Waals surface area contributed by atoms with E-state index < -0.39 is 77.1 Å². The van der Waals surface area contributed by atoms with Crippen molar-refractivity contribution in [1.29, 1.82) is 0 Å². The summed E-state index contributed by atoms with van der Waals surface area (Å²) >= 11 is 4.44. The minimum Gasteiger partial charge on any atom is -0.481 e. The first kappa shape index (κ1) is 42.1. The van der Waals surface area contributed by atoms with Gasteiger partial charge in [0.15, 0.2) is 23.5 Å². The number of Topliss-reactive ketones (excluding diaryl/α,β-unsaturated/α-hetero) is 1. The number of anilines is 1. The van der Waals surface area contributed by atoms with Crippen LogP contribution in [0.5, 0.6) is 0 Å². The maximum absolute atomic E-state index is 13.9. The standard InChI is InChI=1S/C42H48BrN3O11S/c1-40-13-12-25(48)16-23(40)6-8-27-28-17-33-42(32(50)21-47,41(28,2)18-30(49)37(27)40)57-39(56-33)31-10-7-26(58-31)15-22-4-3-5-24(14-22)45-38(55)29(9-11-36(53)54)46-35(52)20-44-34(51)19-43/h3-5,7,10,12-14,16,27-30,33,37,39,47,49H,6,8-9,11,15,17-21H2,1-2H3,(H,44,51)(H,45,55)(H,46,52)(H,53,54)/t27-,28-,29-,30-,33+,37+,39+,40-,41-,42+/m0/s1. The van der Waals surface area contributed by atoms with Gasteiger partial charge in [-0.25, -0.2) is 0 Å². The number of aliphatic carboxylic acids is 1. The number of ketones is 2. The molecule has 16 heteroatoms. The molecule has 3 saturated carbocycles. The van der Waals surface area contributed by atoms with Crippen LogP contribution < -0.4 is 16.0 Å². The fourth-order valence-corrected chi connectivity index (χ4v) is 11.8. The van der Waals surface area contributed by atoms with Gasteiger partial charge in [-0.05, 0) is 85.9 Å². The summed E-state index contributed by atoms with van der Waals surface area (Å²) in [6, 6.07) is 9.78. The van der Waals surface area contributed by atoms with E-state index >= 15 is 0 Å². The Labute approximate surface area is 347 Å². The van der Waals surface area contributed by atoms with Crippen molar-refractivity contribution in [3.05, 3.63) is 75.5 Å². The zero-order valence-electron chi connectivity index (χ0n) is 32.2. The number of carbonyl (C=O) groups is 6. The average molecular weight is 883 g/mol. The quantitative estimate of drug-likeness (QED) is 0.150. The summed E-state index contributed by atoms with van der Waals surface area (Å²) in [4.78, 5) is 76.3. The topological polar surface area (TPSA) is 218 Å². The zero-order chi connectivity index (χ0) is 41.6. The summed E-state index contributed by atoms with van der Waals surface area (Å²) < 4.78 is 13.4. The number of nitrogens with one attached hydrogen (secondary N) is 3. The van der Waals surface area contributed by atoms with E-state index in [0.717, 1.165) is 33.7 Å². The van der Waals surface area contributed by atoms with Gasteiger partial charge in [0.2, 0.25) is 17.7 Å². The van der Waals surface area contributed by atoms with Crippen molar-refractivity contribution in [2.45, 2.75) is 88.9 Å². The van der Waals surface area contributed by atoms with Crippen LogP contribution in [0.4, 0.5) is 5.69 Å². The maximum Gasteiger partial charge on any atom is 0.303 e. The van der Waals surface area contributed by atoms with E-state index in [9.17, 15) is 44.1 Å². The minimum absolute atomic E-state index is 0.00264. The molecule has 58 heavy (non-hydrogen) atoms. The Hall–Kier alpha value is -4.06. The van der Waals surface area contributed by atoms with Crippen LogP contribution in [0, 0.1) is 28.6 Å². The predicted octanol–water partition coefficient (Wildman–Crippen LogP) is 3.74. The molecule has 1 saturated heterocycles. The van der Waals surface area contributed by atoms with Gasteiger partial charge in [-0.1, -0.05) is 53.6 Å². The number of carboxylic acid groups (broad SMARTS) is 1. The lowest BCUT2D eigenvalue weighted by atomic mass is 9.46. The molecule has 0 spiro atoms. The Morgan fingerprint density at radius 2 is 1.90 bits per heavy atom. The fourth-order valence-electron chi connectivity index (χ4n) is 10.6. The lowest BCUT2D eigenvalue weighted by molar-refractivity contribution is -0.200. The number of ether oxygens (including phenoxy) is 2. The van der Waals surface area contributed by atoms with E-state index in [4.69, 9.17) is 9.47 Å². The van der Waals surface area contributed by atoms with Crippen molar-refractivity contribution in [3.8, 4) is 0 Å². The molecule has 6 N–H and O–H groups in total. The fraction of sp³-hybridized carbons (Fsp3) is 0.524. The number of carbonyl (C=O) groups excluding carboxylic acids is 5. The highest BCUT2D eigenvalue weighted by atomic mass is 79.9. The van der Waals surface area contributed by atoms with Gasteiger partial charge in [-0.3, -0.25) is 28.8 Å². The molecular weight excluding hydrogens is 834 g/mol. The number of carboxylic acids is 1. The molecule has 0 unspecified atom stereocenters. The molecule has 4 fully saturated rings. The molecule has 0 radical (unpaired) electrons. The molecule has 2 heterocycles. The Balaban J connectivity index is 1.04. The van der Waals surface area contributed by atoms with Gasteiger partial charge < -0.3 is 40.7 Å². The van der Waals surface area contributed by atoms with E-state index in [0.29, 0.717) is 18.5 Å². The maximum atomic E-state index is 13.9. The number of hydrogen-bond donors (Lipinski definition) is 6. The van der Waals surface area contributed by atoms with E-state index in [1.54, 1.807) is 30.4 Å². The number of amides is 3. The Bertz CT molecular complexity index is 2070. The van der Waals surface area contributed by atoms with Crippen LogP contribution in [0.3, 0.4) is 0 Å². The number of benzene rings is 1. The first-order chi connectivity index (χ1) is 27.6. The first-order valence-corrected chi connectivity index (χ1v) is 21.5. The van der Waals surface area contributed by atoms with Crippen LogP contribution in [0.15, 0.2) is 60.2 Å². The summed E-state index contributed by atoms with van der Waals surface area (Å²) in [6.07, 6.45) is 5.25. The van der Waals surface area contributed by atoms with Crippen molar-refractivity contribution in [1.82, 2.24) is 10.6 Å². The van der Waals surface area contributed by atoms with E-state index in [2.05, 4.69) is 38.8 Å². The molecule has 0 bridgehead atoms. The Morgan fingerprint density at radius 3 is 2.64 bits per heavy atom. The molecular formula is C42H48BrN3O11S. The second kappa shape index (κ2) is 16.5. The summed E-state index contributed by atoms with van der Waals surface area (Å²) in [5, 5.41) is 39.1. The van der Waals surface area contributed by atoms with Crippen molar-refractivity contribution >= 4 is 68.2 Å². The summed E-state index contributed by atoms with van der Waals surface area (Å²) in [6.45, 7) is 3.00. The smallest absolute Gasteiger partial charge is 0.303 e. The Kier molecular flexibility index (Phi) is 12.0. The number of rotatable bonds is 14. The van der Waals surface area contributed by atoms with Crippen molar-refractivity contribution in [3.63, 3.8) is 0 Å². The monoisotopic (exact) mass is 881 g/mol. The van der Waals surface area contributed by atoms with Crippen LogP contribution in [-0.2, 0) is 44.7 Å². The number of aliphatic hydroxyl groups is 2. The SMILES string of the molecule is C[C@]12C=CC(=O)C=C1CC[C@@H]1[C@@H]2[C@@H](O)C[C@@]2(C)[C@H]1C[C@H]1O[C@@H](c3ccc(Cc4cccc(NC(=O)[C@H](CCC(=O)O)NC(=O)CNC(=O)CBr)c4)s3)O[C@]12C(=O)CO. The number of hydrogen-bond acceptors (Lipinski definition) is 11. The van der Waals surface area contributed by atoms with Crippen molar-refractivity contribution in [2.24, 2.45) is 28.6 Å². The Morgan fingerprint density at radius 1 is 1.10 bits per heavy atom. The second-order valence-corrected chi connectivity index (χ2v) is 18.2. The van der Waals surface area contributed by atoms with Gasteiger partial charge >= 0.3 is 5.97 Å². The summed E-state index contributed by atoms with van der Waals surface area (Å²) in [5.41, 5.74) is -0.418. The molecule has 4 aliphatic carbocycles. The zero-order valence-corrected chi connectivity index (χ0v) is 34.6. The van der Waals surface area contributed by atoms with Crippen LogP contribution in [-0.4, -0.2) is 92.9 Å². The predicted molar refractivity (Wildman–Crippen MR) is 215 cm³/mol. The van der Waals surface area contributed by atoms with E-state index in [-0.39, 0.29) is 54.7 Å². The molecule has 1 aromatic carbocycles. The van der Waals surface area contributed by atoms with Gasteiger partial charge in [0.05, 0.1) is 29.0 Å². The molecule has 3 amide bonds. The lowest BCUT2D eigenvalue weighted by Crippen LogP contribution is -2.63. The number of aliphatic hydroxyl groups excluding tert-OH is 2. The second-order valence-electron chi connectivity index (χ2n) is 16.5. The van der Waals surface area contributed by atoms with Crippen LogP contribution in [0.2, 0.25) is 0 Å². The normalized spacial score (nSPS) is 32.5. The summed E-state index contributed by atoms with van der Waals surface area (Å²) in [5.74, 6) is -3.40. The number of allylic oxidation sites excluding steroid dienone is 4. The lowest BCUT2D eigenvalue weighted by Gasteiger charge is -2.59. The molecule has 14 nitrogen and oxygen atoms in total. The summed E-state index contributed by atoms with van der Waals surface area (Å²) in [7, 11) is 0.